The van der Waals surface area contributed by atoms with Crippen LogP contribution >= 0.6 is 24.8 Å². The van der Waals surface area contributed by atoms with Crippen LogP contribution < -0.4 is 27.0 Å². The third kappa shape index (κ3) is 8.47. The van der Waals surface area contributed by atoms with Crippen molar-refractivity contribution in [2.75, 3.05) is 25.0 Å². The van der Waals surface area contributed by atoms with Gasteiger partial charge in [-0.1, -0.05) is 42.5 Å². The number of anilines is 1. The molecule has 10 heteroatoms. The lowest BCUT2D eigenvalue weighted by Crippen LogP contribution is -2.43. The number of carbonyl (C=O) groups is 3. The quantitative estimate of drug-likeness (QED) is 0.384. The molecule has 3 rings (SSSR count). The first-order valence-corrected chi connectivity index (χ1v) is 9.96. The predicted molar refractivity (Wildman–Crippen MR) is 129 cm³/mol. The normalized spacial score (nSPS) is 16.8. The van der Waals surface area contributed by atoms with Gasteiger partial charge in [-0.3, -0.25) is 14.4 Å². The van der Waals surface area contributed by atoms with Gasteiger partial charge >= 0.3 is 0 Å². The fraction of sp³-hybridized carbons (Fsp3) is 0.318. The van der Waals surface area contributed by atoms with Crippen LogP contribution in [0.3, 0.4) is 0 Å². The average molecular weight is 482 g/mol. The standard InChI is InChI=1S/C22H27N5O3.2ClH/c23-12-20(28)27-18-11-19(24-13-18)22(30)25-14-21(29)26-17-8-6-16(7-9-17)10-15-4-2-1-3-5-15;;/h1-9,18-19,24H,10-14,23H2,(H,25,30)(H,26,29)(H,27,28);2*1H/t18?,19-;;/m0../s1. The van der Waals surface area contributed by atoms with Crippen molar-refractivity contribution in [2.24, 2.45) is 5.73 Å². The van der Waals surface area contributed by atoms with Gasteiger partial charge in [0.25, 0.3) is 0 Å². The molecule has 32 heavy (non-hydrogen) atoms. The zero-order valence-corrected chi connectivity index (χ0v) is 19.1. The minimum absolute atomic E-state index is 0. The van der Waals surface area contributed by atoms with Gasteiger partial charge in [-0.2, -0.15) is 0 Å². The van der Waals surface area contributed by atoms with E-state index >= 15 is 0 Å². The van der Waals surface area contributed by atoms with Crippen molar-refractivity contribution >= 4 is 48.2 Å². The minimum Gasteiger partial charge on any atom is -0.351 e. The van der Waals surface area contributed by atoms with Gasteiger partial charge in [0.05, 0.1) is 19.1 Å². The van der Waals surface area contributed by atoms with Crippen LogP contribution in [-0.4, -0.2) is 49.4 Å². The molecule has 0 aromatic heterocycles. The highest BCUT2D eigenvalue weighted by Gasteiger charge is 2.30. The summed E-state index contributed by atoms with van der Waals surface area (Å²) in [6.45, 7) is 0.286. The predicted octanol–water partition coefficient (Wildman–Crippen LogP) is 0.981. The van der Waals surface area contributed by atoms with Crippen LogP contribution in [0.2, 0.25) is 0 Å². The highest BCUT2D eigenvalue weighted by Crippen LogP contribution is 2.13. The maximum atomic E-state index is 12.2. The number of benzene rings is 2. The second-order valence-corrected chi connectivity index (χ2v) is 7.29. The van der Waals surface area contributed by atoms with E-state index in [9.17, 15) is 14.4 Å². The first-order valence-electron chi connectivity index (χ1n) is 9.96. The molecule has 0 aliphatic carbocycles. The molecule has 174 valence electrons. The molecule has 1 fully saturated rings. The fourth-order valence-electron chi connectivity index (χ4n) is 3.37. The molecule has 0 spiro atoms. The van der Waals surface area contributed by atoms with E-state index in [1.165, 1.54) is 5.56 Å². The zero-order chi connectivity index (χ0) is 21.3. The molecular weight excluding hydrogens is 453 g/mol. The van der Waals surface area contributed by atoms with E-state index in [1.807, 2.05) is 42.5 Å². The maximum Gasteiger partial charge on any atom is 0.243 e. The van der Waals surface area contributed by atoms with Crippen LogP contribution in [0.1, 0.15) is 17.5 Å². The number of hydrogen-bond donors (Lipinski definition) is 5. The van der Waals surface area contributed by atoms with Gasteiger partial charge < -0.3 is 27.0 Å². The van der Waals surface area contributed by atoms with E-state index in [2.05, 4.69) is 33.4 Å². The summed E-state index contributed by atoms with van der Waals surface area (Å²) in [5.41, 5.74) is 8.32. The van der Waals surface area contributed by atoms with E-state index in [1.54, 1.807) is 0 Å². The van der Waals surface area contributed by atoms with Gasteiger partial charge in [-0.25, -0.2) is 0 Å². The second kappa shape index (κ2) is 13.7. The smallest absolute Gasteiger partial charge is 0.243 e. The maximum absolute atomic E-state index is 12.2. The lowest BCUT2D eigenvalue weighted by Gasteiger charge is -2.12. The lowest BCUT2D eigenvalue weighted by atomic mass is 10.0. The zero-order valence-electron chi connectivity index (χ0n) is 17.5. The fourth-order valence-corrected chi connectivity index (χ4v) is 3.37. The Morgan fingerprint density at radius 2 is 1.59 bits per heavy atom. The molecule has 1 aliphatic heterocycles. The molecule has 0 saturated carbocycles. The number of rotatable bonds is 8. The molecule has 1 heterocycles. The van der Waals surface area contributed by atoms with E-state index in [4.69, 9.17) is 5.73 Å². The van der Waals surface area contributed by atoms with Crippen molar-refractivity contribution < 1.29 is 14.4 Å². The Hall–Kier alpha value is -2.65. The van der Waals surface area contributed by atoms with Crippen molar-refractivity contribution in [2.45, 2.75) is 24.9 Å². The third-order valence-electron chi connectivity index (χ3n) is 4.91. The molecule has 0 bridgehead atoms. The number of amides is 3. The molecule has 2 aromatic carbocycles. The Kier molecular flexibility index (Phi) is 11.7. The van der Waals surface area contributed by atoms with Crippen molar-refractivity contribution in [3.63, 3.8) is 0 Å². The van der Waals surface area contributed by atoms with Crippen molar-refractivity contribution in [1.29, 1.82) is 0 Å². The van der Waals surface area contributed by atoms with E-state index < -0.39 is 6.04 Å². The number of nitrogens with one attached hydrogen (secondary N) is 4. The summed E-state index contributed by atoms with van der Waals surface area (Å²) in [5.74, 6) is -0.824. The summed E-state index contributed by atoms with van der Waals surface area (Å²) >= 11 is 0. The Balaban J connectivity index is 0.00000256. The van der Waals surface area contributed by atoms with Crippen LogP contribution in [0.4, 0.5) is 5.69 Å². The molecule has 8 nitrogen and oxygen atoms in total. The summed E-state index contributed by atoms with van der Waals surface area (Å²) < 4.78 is 0. The summed E-state index contributed by atoms with van der Waals surface area (Å²) in [7, 11) is 0. The summed E-state index contributed by atoms with van der Waals surface area (Å²) in [4.78, 5) is 35.7. The lowest BCUT2D eigenvalue weighted by molar-refractivity contribution is -0.125. The van der Waals surface area contributed by atoms with Gasteiger partial charge in [0.2, 0.25) is 17.7 Å². The monoisotopic (exact) mass is 481 g/mol. The molecule has 1 aliphatic rings. The molecule has 2 atom stereocenters. The largest absolute Gasteiger partial charge is 0.351 e. The molecule has 6 N–H and O–H groups in total. The topological polar surface area (TPSA) is 125 Å². The van der Waals surface area contributed by atoms with E-state index in [0.717, 1.165) is 12.0 Å². The first-order chi connectivity index (χ1) is 14.5. The van der Waals surface area contributed by atoms with Crippen LogP contribution in [-0.2, 0) is 20.8 Å². The molecule has 1 saturated heterocycles. The van der Waals surface area contributed by atoms with Gasteiger partial charge in [-0.05, 0) is 36.1 Å². The Morgan fingerprint density at radius 3 is 2.25 bits per heavy atom. The third-order valence-corrected chi connectivity index (χ3v) is 4.91. The number of nitrogens with two attached hydrogens (primary N) is 1. The number of carbonyl (C=O) groups excluding carboxylic acids is 3. The van der Waals surface area contributed by atoms with Crippen LogP contribution in [0.5, 0.6) is 0 Å². The summed E-state index contributed by atoms with van der Waals surface area (Å²) in [5, 5.41) is 11.2. The van der Waals surface area contributed by atoms with Gasteiger partial charge in [0, 0.05) is 18.3 Å². The number of hydrogen-bond acceptors (Lipinski definition) is 5. The molecular formula is C22H29Cl2N5O3. The van der Waals surface area contributed by atoms with Crippen LogP contribution in [0.25, 0.3) is 0 Å². The van der Waals surface area contributed by atoms with Crippen molar-refractivity contribution in [1.82, 2.24) is 16.0 Å². The summed E-state index contributed by atoms with van der Waals surface area (Å²) in [6, 6.07) is 17.2. The van der Waals surface area contributed by atoms with Gasteiger partial charge in [-0.15, -0.1) is 24.8 Å². The SMILES string of the molecule is Cl.Cl.NCC(=O)NC1CN[C@H](C(=O)NCC(=O)Nc2ccc(Cc3ccccc3)cc2)C1. The van der Waals surface area contributed by atoms with E-state index in [-0.39, 0.29) is 61.7 Å². The molecule has 1 unspecified atom stereocenters. The molecule has 0 radical (unpaired) electrons. The highest BCUT2D eigenvalue weighted by molar-refractivity contribution is 5.95. The van der Waals surface area contributed by atoms with E-state index in [0.29, 0.717) is 18.7 Å². The van der Waals surface area contributed by atoms with Crippen LogP contribution in [0, 0.1) is 0 Å². The second-order valence-electron chi connectivity index (χ2n) is 7.29. The minimum atomic E-state index is -0.446. The average Bonchev–Trinajstić information content (AvgIpc) is 3.22. The Labute approximate surface area is 199 Å². The number of halogens is 2. The molecule has 2 aromatic rings. The van der Waals surface area contributed by atoms with Gasteiger partial charge in [0.15, 0.2) is 0 Å². The highest BCUT2D eigenvalue weighted by atomic mass is 35.5. The van der Waals surface area contributed by atoms with Crippen molar-refractivity contribution in [3.8, 4) is 0 Å². The van der Waals surface area contributed by atoms with Crippen molar-refractivity contribution in [3.05, 3.63) is 65.7 Å². The van der Waals surface area contributed by atoms with Gasteiger partial charge in [0.1, 0.15) is 0 Å². The Bertz CT molecular complexity index is 881. The summed E-state index contributed by atoms with van der Waals surface area (Å²) in [6.07, 6.45) is 1.29. The molecule has 3 amide bonds. The Morgan fingerprint density at radius 1 is 0.938 bits per heavy atom. The first kappa shape index (κ1) is 27.4. The van der Waals surface area contributed by atoms with Crippen LogP contribution in [0.15, 0.2) is 54.6 Å².